The number of nitrogen functional groups attached to an aromatic ring is 1. The topological polar surface area (TPSA) is 92.4 Å². The van der Waals surface area contributed by atoms with Crippen molar-refractivity contribution in [3.05, 3.63) is 29.8 Å². The molecule has 0 radical (unpaired) electrons. The van der Waals surface area contributed by atoms with Gasteiger partial charge in [-0.15, -0.1) is 0 Å². The maximum absolute atomic E-state index is 11.8. The van der Waals surface area contributed by atoms with Crippen LogP contribution in [0, 0.1) is 0 Å². The number of amides is 1. The van der Waals surface area contributed by atoms with Crippen LogP contribution in [-0.4, -0.2) is 22.5 Å². The first kappa shape index (κ1) is 13.4. The van der Waals surface area contributed by atoms with Crippen LogP contribution in [0.25, 0.3) is 0 Å². The van der Waals surface area contributed by atoms with Gasteiger partial charge >= 0.3 is 5.97 Å². The number of benzene rings is 1. The van der Waals surface area contributed by atoms with E-state index < -0.39 is 11.5 Å². The van der Waals surface area contributed by atoms with E-state index in [1.54, 1.807) is 6.07 Å². The quantitative estimate of drug-likeness (QED) is 0.698. The molecule has 0 heterocycles. The molecule has 1 aromatic rings. The molecular formula is C14H18N2O3. The van der Waals surface area contributed by atoms with Gasteiger partial charge in [0.25, 0.3) is 0 Å². The van der Waals surface area contributed by atoms with Crippen molar-refractivity contribution in [2.45, 2.75) is 37.6 Å². The van der Waals surface area contributed by atoms with Crippen LogP contribution in [0.3, 0.4) is 0 Å². The van der Waals surface area contributed by atoms with E-state index in [-0.39, 0.29) is 12.3 Å². The Morgan fingerprint density at radius 1 is 1.37 bits per heavy atom. The van der Waals surface area contributed by atoms with Crippen LogP contribution >= 0.6 is 0 Å². The Hall–Kier alpha value is -2.04. The Bertz CT molecular complexity index is 495. The minimum absolute atomic E-state index is 0.218. The predicted octanol–water partition coefficient (Wildman–Crippen LogP) is 1.32. The van der Waals surface area contributed by atoms with Crippen molar-refractivity contribution < 1.29 is 14.7 Å². The van der Waals surface area contributed by atoms with Gasteiger partial charge in [0, 0.05) is 12.1 Å². The molecule has 102 valence electrons. The summed E-state index contributed by atoms with van der Waals surface area (Å²) in [4.78, 5) is 22.9. The van der Waals surface area contributed by atoms with Crippen molar-refractivity contribution >= 4 is 17.6 Å². The molecule has 0 atom stereocenters. The highest BCUT2D eigenvalue weighted by molar-refractivity contribution is 5.87. The largest absolute Gasteiger partial charge is 0.480 e. The van der Waals surface area contributed by atoms with E-state index in [1.807, 2.05) is 18.2 Å². The van der Waals surface area contributed by atoms with Gasteiger partial charge in [-0.25, -0.2) is 4.79 Å². The second-order valence-corrected chi connectivity index (χ2v) is 5.03. The number of carbonyl (C=O) groups is 2. The fourth-order valence-electron chi connectivity index (χ4n) is 2.26. The monoisotopic (exact) mass is 262 g/mol. The molecule has 0 spiro atoms. The summed E-state index contributed by atoms with van der Waals surface area (Å²) in [6.07, 6.45) is 2.73. The van der Waals surface area contributed by atoms with E-state index in [1.165, 1.54) is 0 Å². The second kappa shape index (κ2) is 5.30. The normalized spacial score (nSPS) is 16.4. The Morgan fingerprint density at radius 3 is 2.63 bits per heavy atom. The highest BCUT2D eigenvalue weighted by Gasteiger charge is 2.45. The molecule has 0 aromatic heterocycles. The van der Waals surface area contributed by atoms with Crippen LogP contribution in [0.1, 0.15) is 31.2 Å². The standard InChI is InChI=1S/C14H18N2O3/c15-11-4-1-3-10(9-11)5-6-12(17)16-14(13(18)19)7-2-8-14/h1,3-4,9H,2,5-8,15H2,(H,16,17)(H,18,19). The number of nitrogens with two attached hydrogens (primary N) is 1. The van der Waals surface area contributed by atoms with Crippen molar-refractivity contribution in [2.24, 2.45) is 0 Å². The first-order valence-electron chi connectivity index (χ1n) is 6.41. The number of carboxylic acids is 1. The highest BCUT2D eigenvalue weighted by atomic mass is 16.4. The summed E-state index contributed by atoms with van der Waals surface area (Å²) in [6, 6.07) is 7.36. The summed E-state index contributed by atoms with van der Waals surface area (Å²) in [5.41, 5.74) is 6.28. The molecular weight excluding hydrogens is 244 g/mol. The van der Waals surface area contributed by atoms with Crippen LogP contribution < -0.4 is 11.1 Å². The number of carboxylic acid groups (broad SMARTS) is 1. The predicted molar refractivity (Wildman–Crippen MR) is 71.5 cm³/mol. The average Bonchev–Trinajstić information content (AvgIpc) is 2.31. The van der Waals surface area contributed by atoms with Gasteiger partial charge in [0.2, 0.25) is 5.91 Å². The molecule has 0 saturated heterocycles. The summed E-state index contributed by atoms with van der Waals surface area (Å²) in [5, 5.41) is 11.8. The lowest BCUT2D eigenvalue weighted by molar-refractivity contribution is -0.151. The highest BCUT2D eigenvalue weighted by Crippen LogP contribution is 2.32. The third-order valence-corrected chi connectivity index (χ3v) is 3.59. The smallest absolute Gasteiger partial charge is 0.329 e. The molecule has 2 rings (SSSR count). The molecule has 1 fully saturated rings. The SMILES string of the molecule is Nc1cccc(CCC(=O)NC2(C(=O)O)CCC2)c1. The number of carbonyl (C=O) groups excluding carboxylic acids is 1. The van der Waals surface area contributed by atoms with Crippen molar-refractivity contribution in [3.63, 3.8) is 0 Å². The number of aryl methyl sites for hydroxylation is 1. The molecule has 1 saturated carbocycles. The van der Waals surface area contributed by atoms with Gasteiger partial charge in [0.15, 0.2) is 0 Å². The Balaban J connectivity index is 1.86. The second-order valence-electron chi connectivity index (χ2n) is 5.03. The summed E-state index contributed by atoms with van der Waals surface area (Å²) < 4.78 is 0. The molecule has 5 nitrogen and oxygen atoms in total. The minimum Gasteiger partial charge on any atom is -0.480 e. The molecule has 1 aromatic carbocycles. The number of aliphatic carboxylic acids is 1. The first-order valence-corrected chi connectivity index (χ1v) is 6.41. The van der Waals surface area contributed by atoms with Gasteiger partial charge in [0.1, 0.15) is 5.54 Å². The van der Waals surface area contributed by atoms with Crippen LogP contribution in [0.4, 0.5) is 5.69 Å². The molecule has 1 aliphatic rings. The van der Waals surface area contributed by atoms with E-state index in [9.17, 15) is 9.59 Å². The van der Waals surface area contributed by atoms with E-state index >= 15 is 0 Å². The van der Waals surface area contributed by atoms with E-state index in [2.05, 4.69) is 5.32 Å². The Labute approximate surface area is 111 Å². The van der Waals surface area contributed by atoms with Gasteiger partial charge in [-0.3, -0.25) is 4.79 Å². The van der Waals surface area contributed by atoms with Gasteiger partial charge in [-0.2, -0.15) is 0 Å². The number of hydrogen-bond donors (Lipinski definition) is 3. The van der Waals surface area contributed by atoms with Crippen LogP contribution in [0.2, 0.25) is 0 Å². The fraction of sp³-hybridized carbons (Fsp3) is 0.429. The molecule has 19 heavy (non-hydrogen) atoms. The zero-order valence-corrected chi connectivity index (χ0v) is 10.7. The minimum atomic E-state index is -1.02. The number of hydrogen-bond acceptors (Lipinski definition) is 3. The van der Waals surface area contributed by atoms with E-state index in [4.69, 9.17) is 10.8 Å². The van der Waals surface area contributed by atoms with Crippen LogP contribution in [0.5, 0.6) is 0 Å². The average molecular weight is 262 g/mol. The van der Waals surface area contributed by atoms with Gasteiger partial charge in [-0.1, -0.05) is 12.1 Å². The summed E-state index contributed by atoms with van der Waals surface area (Å²) in [7, 11) is 0. The third kappa shape index (κ3) is 3.05. The van der Waals surface area contributed by atoms with Gasteiger partial charge < -0.3 is 16.2 Å². The number of anilines is 1. The van der Waals surface area contributed by atoms with Gasteiger partial charge in [-0.05, 0) is 43.4 Å². The number of nitrogens with one attached hydrogen (secondary N) is 1. The molecule has 5 heteroatoms. The Kier molecular flexibility index (Phi) is 3.74. The van der Waals surface area contributed by atoms with E-state index in [0.717, 1.165) is 12.0 Å². The molecule has 0 unspecified atom stereocenters. The summed E-state index contributed by atoms with van der Waals surface area (Å²) in [6.45, 7) is 0. The van der Waals surface area contributed by atoms with E-state index in [0.29, 0.717) is 24.9 Å². The van der Waals surface area contributed by atoms with Crippen molar-refractivity contribution in [1.82, 2.24) is 5.32 Å². The van der Waals surface area contributed by atoms with Crippen molar-refractivity contribution in [2.75, 3.05) is 5.73 Å². The molecule has 1 aliphatic carbocycles. The third-order valence-electron chi connectivity index (χ3n) is 3.59. The first-order chi connectivity index (χ1) is 9.02. The molecule has 0 aliphatic heterocycles. The van der Waals surface area contributed by atoms with Crippen molar-refractivity contribution in [1.29, 1.82) is 0 Å². The lowest BCUT2D eigenvalue weighted by atomic mass is 9.76. The van der Waals surface area contributed by atoms with Crippen molar-refractivity contribution in [3.8, 4) is 0 Å². The van der Waals surface area contributed by atoms with Crippen LogP contribution in [0.15, 0.2) is 24.3 Å². The Morgan fingerprint density at radius 2 is 2.11 bits per heavy atom. The maximum atomic E-state index is 11.8. The lowest BCUT2D eigenvalue weighted by Crippen LogP contribution is -2.59. The molecule has 4 N–H and O–H groups in total. The number of rotatable bonds is 5. The lowest BCUT2D eigenvalue weighted by Gasteiger charge is -2.38. The summed E-state index contributed by atoms with van der Waals surface area (Å²) >= 11 is 0. The molecule has 1 amide bonds. The van der Waals surface area contributed by atoms with Gasteiger partial charge in [0.05, 0.1) is 0 Å². The zero-order valence-electron chi connectivity index (χ0n) is 10.7. The molecule has 0 bridgehead atoms. The fourth-order valence-corrected chi connectivity index (χ4v) is 2.26. The summed E-state index contributed by atoms with van der Waals surface area (Å²) in [5.74, 6) is -1.15. The maximum Gasteiger partial charge on any atom is 0.329 e. The zero-order chi connectivity index (χ0) is 13.9. The van der Waals surface area contributed by atoms with Crippen LogP contribution in [-0.2, 0) is 16.0 Å².